The lowest BCUT2D eigenvalue weighted by molar-refractivity contribution is 0.545. The van der Waals surface area contributed by atoms with Crippen molar-refractivity contribution in [2.24, 2.45) is 20.0 Å². The summed E-state index contributed by atoms with van der Waals surface area (Å²) in [5.74, 6) is 0. The van der Waals surface area contributed by atoms with Gasteiger partial charge in [-0.25, -0.2) is 20.0 Å². The third kappa shape index (κ3) is 8.33. The van der Waals surface area contributed by atoms with Gasteiger partial charge in [0.2, 0.25) is 0 Å². The molecule has 4 aromatic rings. The van der Waals surface area contributed by atoms with Gasteiger partial charge in [0, 0.05) is 22.1 Å². The van der Waals surface area contributed by atoms with Crippen molar-refractivity contribution in [2.75, 3.05) is 6.66 Å². The first kappa shape index (κ1) is 58.5. The molecule has 1 unspecified atom stereocenters. The van der Waals surface area contributed by atoms with E-state index in [0.717, 1.165) is 148 Å². The average Bonchev–Trinajstić information content (AvgIpc) is 1.62. The first-order valence-electron chi connectivity index (χ1n) is 32.9. The molecule has 0 amide bonds. The lowest BCUT2D eigenvalue weighted by Gasteiger charge is -2.31. The van der Waals surface area contributed by atoms with Crippen molar-refractivity contribution in [2.45, 2.75) is 214 Å². The number of aromatic nitrogens is 4. The second-order valence-electron chi connectivity index (χ2n) is 23.7. The van der Waals surface area contributed by atoms with Crippen LogP contribution in [-0.2, 0) is 54.9 Å². The summed E-state index contributed by atoms with van der Waals surface area (Å²) in [5.41, 5.74) is 35.6. The van der Waals surface area contributed by atoms with E-state index in [9.17, 15) is 3.58 Å². The van der Waals surface area contributed by atoms with Crippen molar-refractivity contribution in [3.63, 3.8) is 0 Å². The third-order valence-electron chi connectivity index (χ3n) is 20.1. The Morgan fingerprint density at radius 3 is 0.845 bits per heavy atom. The second-order valence-corrected chi connectivity index (χ2v) is 28.7. The Labute approximate surface area is 506 Å². The van der Waals surface area contributed by atoms with Crippen molar-refractivity contribution < 1.29 is 3.58 Å². The van der Waals surface area contributed by atoms with Crippen LogP contribution in [-0.4, -0.2) is 60.2 Å². The maximum Gasteiger partial charge on any atom is 0.847 e. The molecule has 0 aromatic carbocycles. The highest BCUT2D eigenvalue weighted by Crippen LogP contribution is 2.62. The molecule has 12 bridgehead atoms. The summed E-state index contributed by atoms with van der Waals surface area (Å²) >= 11 is -3.21. The fraction of sp³-hybridized carbons (Fsp3) is 0.452. The van der Waals surface area contributed by atoms with E-state index < -0.39 is 22.7 Å². The smallest absolute Gasteiger partial charge is 0.388 e. The van der Waals surface area contributed by atoms with Crippen molar-refractivity contribution >= 4 is 94.2 Å². The standard InChI is InChI=1S/C37H47N4OP.C36H44N4.Al/c1-10-22-23(11-2)31-19-35-28(16-7)29(17-8)37-21-33-25(13-4)24(12-3)32(39-33)20-36-27(15-6)26(14-5)34(18-30(22)38-31)40(36)43(9,42)41(35)37;1-9-21-22(10-2)30-18-32-25(13-5)26(14-6)34(39-32)20-36-28(16-8)27(15-7)35(40-36)19-33-24(12-4)23(11-3)31(38-33)17-29(21)37-30;/h18-21H,10-17H2,1-9H3;17-20H,9-16H2,1-8H3;/q;-2;+3. The van der Waals surface area contributed by atoms with E-state index in [1.54, 1.807) is 0 Å². The minimum Gasteiger partial charge on any atom is -0.388 e. The largest absolute Gasteiger partial charge is 0.847 e. The number of nitrogens with zero attached hydrogens (tertiary/aromatic N) is 8. The summed E-state index contributed by atoms with van der Waals surface area (Å²) in [7, 11) is -3.31. The van der Waals surface area contributed by atoms with Gasteiger partial charge in [-0.2, -0.15) is 8.68 Å². The van der Waals surface area contributed by atoms with Crippen molar-refractivity contribution in [1.29, 1.82) is 0 Å². The van der Waals surface area contributed by atoms with Crippen LogP contribution in [0.1, 0.15) is 229 Å². The van der Waals surface area contributed by atoms with Gasteiger partial charge in [-0.15, -0.1) is 0 Å². The monoisotopic (exact) mass is 1150 g/mol. The van der Waals surface area contributed by atoms with E-state index in [1.807, 2.05) is 0 Å². The summed E-state index contributed by atoms with van der Waals surface area (Å²) in [6, 6.07) is 0. The van der Waals surface area contributed by atoms with E-state index >= 15 is 0 Å². The Balaban J connectivity index is 1.37. The highest BCUT2D eigenvalue weighted by atomic mass is 31.2. The topological polar surface area (TPSA) is 78.4 Å². The molecule has 0 saturated heterocycles. The molecule has 8 aliphatic rings. The predicted molar refractivity (Wildman–Crippen MR) is 362 cm³/mol. The molecule has 436 valence electrons. The first-order chi connectivity index (χ1) is 40.8. The molecule has 9 nitrogen and oxygen atoms in total. The molecule has 0 spiro atoms. The predicted octanol–water partition coefficient (Wildman–Crippen LogP) is 15.1. The Morgan fingerprint density at radius 1 is 0.298 bits per heavy atom. The molecule has 0 aliphatic carbocycles. The zero-order chi connectivity index (χ0) is 59.4. The van der Waals surface area contributed by atoms with Crippen molar-refractivity contribution in [3.05, 3.63) is 156 Å². The summed E-state index contributed by atoms with van der Waals surface area (Å²) in [4.78, 5) is 23.1. The van der Waals surface area contributed by atoms with E-state index in [2.05, 4.69) is 182 Å². The quantitative estimate of drug-likeness (QED) is 0.0722. The molecule has 0 saturated carbocycles. The molecular weight excluding hydrogens is 1060 g/mol. The maximum absolute atomic E-state index is 9.51. The van der Waals surface area contributed by atoms with Crippen LogP contribution in [0.4, 0.5) is 0 Å². The van der Waals surface area contributed by atoms with Crippen LogP contribution in [0.5, 0.6) is 0 Å². The highest BCUT2D eigenvalue weighted by Gasteiger charge is 2.56. The fourth-order valence-corrected chi connectivity index (χ4v) is 24.0. The maximum atomic E-state index is 9.51. The van der Waals surface area contributed by atoms with Gasteiger partial charge in [0.05, 0.1) is 67.7 Å². The molecule has 12 rings (SSSR count). The number of rotatable bonds is 18. The summed E-state index contributed by atoms with van der Waals surface area (Å²) in [6.07, 6.45) is 34.4. The lowest BCUT2D eigenvalue weighted by atomic mass is 9.97. The van der Waals surface area contributed by atoms with Crippen molar-refractivity contribution in [1.82, 2.24) is 15.8 Å². The Morgan fingerprint density at radius 2 is 0.560 bits per heavy atom. The molecule has 4 aromatic heterocycles. The zero-order valence-electron chi connectivity index (χ0n) is 53.9. The molecular formula is C73H91AlN8OP+. The average molecular weight is 1150 g/mol. The van der Waals surface area contributed by atoms with Crippen LogP contribution in [0.15, 0.2) is 87.3 Å². The number of allylic oxidation sites excluding steroid dienone is 8. The highest BCUT2D eigenvalue weighted by molar-refractivity contribution is 7.68. The zero-order valence-corrected chi connectivity index (χ0v) is 56.0. The Kier molecular flexibility index (Phi) is 15.9. The minimum atomic E-state index is -3.31. The molecule has 0 N–H and O–H groups in total. The van der Waals surface area contributed by atoms with Gasteiger partial charge in [-0.3, -0.25) is 3.58 Å². The second kappa shape index (κ2) is 22.8. The molecule has 12 heterocycles. The lowest BCUT2D eigenvalue weighted by Crippen LogP contribution is -2.51. The number of fused-ring (bicyclic) bond motifs is 4. The summed E-state index contributed by atoms with van der Waals surface area (Å²) in [6.45, 7) is 40.2. The Hall–Kier alpha value is -5.88. The van der Waals surface area contributed by atoms with Gasteiger partial charge in [0.1, 0.15) is 6.66 Å². The molecule has 0 fully saturated rings. The van der Waals surface area contributed by atoms with Crippen LogP contribution in [0, 0.1) is 0 Å². The van der Waals surface area contributed by atoms with Crippen LogP contribution < -0.4 is 21.4 Å². The van der Waals surface area contributed by atoms with E-state index in [-0.39, 0.29) is 0 Å². The molecule has 11 heteroatoms. The molecule has 8 aliphatic heterocycles. The molecule has 84 heavy (non-hydrogen) atoms. The van der Waals surface area contributed by atoms with E-state index in [4.69, 9.17) is 20.0 Å². The van der Waals surface area contributed by atoms with Gasteiger partial charge in [0.25, 0.3) is 0 Å². The first-order valence-corrected chi connectivity index (χ1v) is 36.5. The van der Waals surface area contributed by atoms with Crippen LogP contribution in [0.2, 0.25) is 0 Å². The van der Waals surface area contributed by atoms with Gasteiger partial charge in [-0.05, 0) is 240 Å². The van der Waals surface area contributed by atoms with Crippen LogP contribution in [0.25, 0.3) is 48.6 Å². The third-order valence-corrected chi connectivity index (χ3v) is 26.8. The number of aliphatic imine (C=N–C) groups is 4. The summed E-state index contributed by atoms with van der Waals surface area (Å²) < 4.78 is 20.8. The van der Waals surface area contributed by atoms with Crippen molar-refractivity contribution in [3.8, 4) is 0 Å². The number of hydrogen-bond donors (Lipinski definition) is 0. The van der Waals surface area contributed by atoms with Gasteiger partial charge >= 0.3 is 22.7 Å². The SMILES string of the molecule is CCC1=C(CC)C2=NC1=Cc1c(CC)c(CC)c3[n]1[Al]([O][P+]1(C)n4c5c(CC)c(CC)c4C=C4N=C(C=c6c(CC)c(CC)c(n61)=CC1=NC(=C5)C(CC)=C1CC)C(CC)=C4CC)[n]1c(c(CC)c(CC)c1=CC1=NC(=C3)C(CC)=C1CC)=C2. The van der Waals surface area contributed by atoms with E-state index in [0.29, 0.717) is 0 Å². The van der Waals surface area contributed by atoms with Crippen LogP contribution >= 0.6 is 7.79 Å². The fourth-order valence-electron chi connectivity index (χ4n) is 16.5. The summed E-state index contributed by atoms with van der Waals surface area (Å²) in [5, 5.41) is 4.92. The number of hydrogen-bond acceptors (Lipinski definition) is 5. The van der Waals surface area contributed by atoms with Gasteiger partial charge in [0.15, 0.2) is 0 Å². The van der Waals surface area contributed by atoms with E-state index in [1.165, 1.54) is 133 Å². The van der Waals surface area contributed by atoms with Gasteiger partial charge in [-0.1, -0.05) is 111 Å². The minimum absolute atomic E-state index is 0.871. The Bertz CT molecular complexity index is 3990. The van der Waals surface area contributed by atoms with Gasteiger partial charge < -0.3 is 7.10 Å². The van der Waals surface area contributed by atoms with Crippen LogP contribution in [0.3, 0.4) is 0 Å². The normalized spacial score (nSPS) is 19.2. The molecule has 0 radical (unpaired) electrons. The molecule has 1 atom stereocenters.